The molecule has 0 saturated heterocycles. The lowest BCUT2D eigenvalue weighted by Gasteiger charge is -2.30. The van der Waals surface area contributed by atoms with Crippen LogP contribution in [0.25, 0.3) is 20.8 Å². The van der Waals surface area contributed by atoms with Crippen molar-refractivity contribution in [2.45, 2.75) is 39.3 Å². The van der Waals surface area contributed by atoms with Gasteiger partial charge in [-0.25, -0.2) is 4.98 Å². The predicted molar refractivity (Wildman–Crippen MR) is 129 cm³/mol. The Morgan fingerprint density at radius 3 is 2.83 bits per heavy atom. The lowest BCUT2D eigenvalue weighted by atomic mass is 10.0. The molecule has 4 nitrogen and oxygen atoms in total. The Kier molecular flexibility index (Phi) is 5.45. The first-order chi connectivity index (χ1) is 14.6. The number of carbonyl (C=O) groups excluding carboxylic acids is 1. The van der Waals surface area contributed by atoms with Gasteiger partial charge in [0.15, 0.2) is 0 Å². The van der Waals surface area contributed by atoms with Gasteiger partial charge in [-0.15, -0.1) is 34.0 Å². The number of anilines is 1. The van der Waals surface area contributed by atoms with Crippen LogP contribution in [0.3, 0.4) is 0 Å². The Hall–Kier alpha value is -2.06. The molecular formula is C23H23N3OS3. The minimum absolute atomic E-state index is 0.0409. The number of aromatic nitrogens is 1. The van der Waals surface area contributed by atoms with Crippen molar-refractivity contribution >= 4 is 55.1 Å². The quantitative estimate of drug-likeness (QED) is 0.401. The number of amides is 1. The Morgan fingerprint density at radius 1 is 1.20 bits per heavy atom. The molecule has 154 valence electrons. The van der Waals surface area contributed by atoms with Crippen molar-refractivity contribution in [1.29, 1.82) is 0 Å². The number of thiazole rings is 1. The minimum Gasteiger partial charge on any atom is -0.317 e. The fourth-order valence-electron chi connectivity index (χ4n) is 3.90. The van der Waals surface area contributed by atoms with Crippen LogP contribution in [-0.4, -0.2) is 28.4 Å². The molecule has 7 heteroatoms. The van der Waals surface area contributed by atoms with Gasteiger partial charge in [0.1, 0.15) is 10.0 Å². The summed E-state index contributed by atoms with van der Waals surface area (Å²) in [6, 6.07) is 12.8. The van der Waals surface area contributed by atoms with E-state index in [0.29, 0.717) is 12.5 Å². The van der Waals surface area contributed by atoms with Gasteiger partial charge in [-0.3, -0.25) is 9.69 Å². The SMILES string of the molecule is CC(C)N1CCc2c(sc(NC(=O)Cc3cccs3)c2-c2nc3ccccc3s2)C1. The van der Waals surface area contributed by atoms with Crippen LogP contribution in [0.15, 0.2) is 41.8 Å². The first-order valence-corrected chi connectivity index (χ1v) is 12.7. The molecule has 3 aromatic heterocycles. The van der Waals surface area contributed by atoms with Gasteiger partial charge in [-0.05, 0) is 49.4 Å². The molecule has 0 saturated carbocycles. The van der Waals surface area contributed by atoms with Crippen LogP contribution in [-0.2, 0) is 24.2 Å². The third kappa shape index (κ3) is 3.83. The first-order valence-electron chi connectivity index (χ1n) is 10.1. The molecule has 30 heavy (non-hydrogen) atoms. The molecule has 0 spiro atoms. The van der Waals surface area contributed by atoms with E-state index in [1.165, 1.54) is 15.1 Å². The fraction of sp³-hybridized carbons (Fsp3) is 0.304. The predicted octanol–water partition coefficient (Wildman–Crippen LogP) is 6.03. The van der Waals surface area contributed by atoms with Crippen molar-refractivity contribution in [3.63, 3.8) is 0 Å². The topological polar surface area (TPSA) is 45.2 Å². The molecule has 0 radical (unpaired) electrons. The van der Waals surface area contributed by atoms with Gasteiger partial charge in [-0.2, -0.15) is 0 Å². The number of hydrogen-bond acceptors (Lipinski definition) is 6. The molecule has 1 aliphatic heterocycles. The Bertz CT molecular complexity index is 1160. The molecule has 4 aromatic rings. The maximum atomic E-state index is 12.8. The van der Waals surface area contributed by atoms with Crippen LogP contribution in [0.1, 0.15) is 29.2 Å². The van der Waals surface area contributed by atoms with E-state index in [0.717, 1.165) is 45.5 Å². The summed E-state index contributed by atoms with van der Waals surface area (Å²) in [4.78, 5) is 22.7. The summed E-state index contributed by atoms with van der Waals surface area (Å²) in [5.74, 6) is 0.0409. The summed E-state index contributed by atoms with van der Waals surface area (Å²) < 4.78 is 1.18. The molecule has 1 amide bonds. The van der Waals surface area contributed by atoms with E-state index in [4.69, 9.17) is 4.98 Å². The van der Waals surface area contributed by atoms with Gasteiger partial charge in [-0.1, -0.05) is 18.2 Å². The van der Waals surface area contributed by atoms with Crippen molar-refractivity contribution in [2.24, 2.45) is 0 Å². The van der Waals surface area contributed by atoms with Crippen LogP contribution in [0.5, 0.6) is 0 Å². The van der Waals surface area contributed by atoms with Gasteiger partial charge < -0.3 is 5.32 Å². The van der Waals surface area contributed by atoms with Gasteiger partial charge >= 0.3 is 0 Å². The second-order valence-corrected chi connectivity index (χ2v) is 11.0. The molecular weight excluding hydrogens is 430 g/mol. The molecule has 0 fully saturated rings. The summed E-state index contributed by atoms with van der Waals surface area (Å²) in [5.41, 5.74) is 3.52. The number of nitrogens with one attached hydrogen (secondary N) is 1. The zero-order valence-electron chi connectivity index (χ0n) is 17.0. The maximum absolute atomic E-state index is 12.8. The second kappa shape index (κ2) is 8.23. The monoisotopic (exact) mass is 453 g/mol. The second-order valence-electron chi connectivity index (χ2n) is 7.81. The van der Waals surface area contributed by atoms with Crippen molar-refractivity contribution in [3.8, 4) is 10.6 Å². The van der Waals surface area contributed by atoms with E-state index < -0.39 is 0 Å². The first kappa shape index (κ1) is 19.9. The largest absolute Gasteiger partial charge is 0.317 e. The lowest BCUT2D eigenvalue weighted by molar-refractivity contribution is -0.115. The number of rotatable bonds is 5. The lowest BCUT2D eigenvalue weighted by Crippen LogP contribution is -2.35. The van der Waals surface area contributed by atoms with E-state index in [1.54, 1.807) is 34.0 Å². The van der Waals surface area contributed by atoms with E-state index in [2.05, 4.69) is 42.3 Å². The van der Waals surface area contributed by atoms with Crippen LogP contribution in [0.2, 0.25) is 0 Å². The van der Waals surface area contributed by atoms with E-state index in [-0.39, 0.29) is 5.91 Å². The van der Waals surface area contributed by atoms with Crippen molar-refractivity contribution in [3.05, 3.63) is 57.1 Å². The highest BCUT2D eigenvalue weighted by atomic mass is 32.1. The molecule has 5 rings (SSSR count). The molecule has 1 N–H and O–H groups in total. The summed E-state index contributed by atoms with van der Waals surface area (Å²) in [6.45, 7) is 6.48. The number of hydrogen-bond donors (Lipinski definition) is 1. The number of para-hydroxylation sites is 1. The zero-order chi connectivity index (χ0) is 20.7. The average Bonchev–Trinajstić information content (AvgIpc) is 3.44. The number of fused-ring (bicyclic) bond motifs is 2. The van der Waals surface area contributed by atoms with Gasteiger partial charge in [0.2, 0.25) is 5.91 Å². The molecule has 1 aromatic carbocycles. The Balaban J connectivity index is 1.54. The molecule has 1 aliphatic rings. The fourth-order valence-corrected chi connectivity index (χ4v) is 7.00. The van der Waals surface area contributed by atoms with Crippen molar-refractivity contribution in [1.82, 2.24) is 9.88 Å². The number of thiophene rings is 2. The molecule has 4 heterocycles. The maximum Gasteiger partial charge on any atom is 0.230 e. The summed E-state index contributed by atoms with van der Waals surface area (Å²) in [5, 5.41) is 7.20. The number of nitrogens with zero attached hydrogens (tertiary/aromatic N) is 2. The normalized spacial score (nSPS) is 14.4. The van der Waals surface area contributed by atoms with Crippen LogP contribution >= 0.6 is 34.0 Å². The Morgan fingerprint density at radius 2 is 2.07 bits per heavy atom. The number of benzene rings is 1. The Labute approximate surface area is 188 Å². The number of carbonyl (C=O) groups is 1. The zero-order valence-corrected chi connectivity index (χ0v) is 19.4. The molecule has 0 atom stereocenters. The van der Waals surface area contributed by atoms with E-state index in [9.17, 15) is 4.79 Å². The molecule has 0 bridgehead atoms. The van der Waals surface area contributed by atoms with Crippen LogP contribution in [0.4, 0.5) is 5.00 Å². The highest BCUT2D eigenvalue weighted by molar-refractivity contribution is 7.23. The minimum atomic E-state index is 0.0409. The molecule has 0 aliphatic carbocycles. The standard InChI is InChI=1S/C23H23N3OS3/c1-14(2)26-10-9-16-19(13-26)30-23(25-20(27)12-15-6-5-11-28-15)21(16)22-24-17-7-3-4-8-18(17)29-22/h3-8,11,14H,9-10,12-13H2,1-2H3,(H,25,27). The van der Waals surface area contributed by atoms with Crippen molar-refractivity contribution < 1.29 is 4.79 Å². The third-order valence-corrected chi connectivity index (χ3v) is 8.55. The van der Waals surface area contributed by atoms with E-state index in [1.807, 2.05) is 23.6 Å². The van der Waals surface area contributed by atoms with E-state index >= 15 is 0 Å². The van der Waals surface area contributed by atoms with Crippen LogP contribution < -0.4 is 5.32 Å². The highest BCUT2D eigenvalue weighted by Crippen LogP contribution is 2.45. The van der Waals surface area contributed by atoms with Crippen LogP contribution in [0, 0.1) is 0 Å². The summed E-state index contributed by atoms with van der Waals surface area (Å²) in [7, 11) is 0. The van der Waals surface area contributed by atoms with Gasteiger partial charge in [0.25, 0.3) is 0 Å². The highest BCUT2D eigenvalue weighted by Gasteiger charge is 2.28. The van der Waals surface area contributed by atoms with Gasteiger partial charge in [0.05, 0.1) is 16.6 Å². The molecule has 0 unspecified atom stereocenters. The van der Waals surface area contributed by atoms with Crippen molar-refractivity contribution in [2.75, 3.05) is 11.9 Å². The van der Waals surface area contributed by atoms with Gasteiger partial charge in [0, 0.05) is 34.4 Å². The third-order valence-electron chi connectivity index (χ3n) is 5.49. The average molecular weight is 454 g/mol. The summed E-state index contributed by atoms with van der Waals surface area (Å²) in [6.07, 6.45) is 1.41. The smallest absolute Gasteiger partial charge is 0.230 e. The summed E-state index contributed by atoms with van der Waals surface area (Å²) >= 11 is 5.06.